The fourth-order valence-corrected chi connectivity index (χ4v) is 2.58. The van der Waals surface area contributed by atoms with Gasteiger partial charge in [0.25, 0.3) is 0 Å². The van der Waals surface area contributed by atoms with E-state index in [0.717, 1.165) is 5.56 Å². The molecule has 0 aliphatic heterocycles. The van der Waals surface area contributed by atoms with Crippen LogP contribution in [0.15, 0.2) is 30.3 Å². The first-order valence-corrected chi connectivity index (χ1v) is 5.60. The van der Waals surface area contributed by atoms with Crippen LogP contribution in [0.4, 0.5) is 0 Å². The van der Waals surface area contributed by atoms with E-state index < -0.39 is 23.8 Å². The van der Waals surface area contributed by atoms with Crippen LogP contribution in [-0.4, -0.2) is 22.2 Å². The normalized spacial score (nSPS) is 24.7. The Morgan fingerprint density at radius 3 is 1.82 bits per heavy atom. The second-order valence-corrected chi connectivity index (χ2v) is 4.47. The maximum atomic E-state index is 11.0. The van der Waals surface area contributed by atoms with Crippen molar-refractivity contribution in [2.45, 2.75) is 18.8 Å². The third-order valence-corrected chi connectivity index (χ3v) is 3.47. The topological polar surface area (TPSA) is 74.6 Å². The molecular weight excluding hydrogens is 220 g/mol. The Balaban J connectivity index is 2.20. The fourth-order valence-electron chi connectivity index (χ4n) is 2.58. The summed E-state index contributed by atoms with van der Waals surface area (Å²) < 4.78 is 0. The van der Waals surface area contributed by atoms with E-state index in [1.807, 2.05) is 30.3 Å². The molecule has 0 amide bonds. The smallest absolute Gasteiger partial charge is 0.307 e. The standard InChI is InChI=1S/C13H14O4/c14-12(15)10-6-9(7-11(10)13(16)17)8-4-2-1-3-5-8/h1-5,9-11H,6-7H2,(H,14,15)(H,16,17)/t10-,11-/m1/s1. The van der Waals surface area contributed by atoms with Crippen LogP contribution in [-0.2, 0) is 9.59 Å². The van der Waals surface area contributed by atoms with E-state index in [4.69, 9.17) is 10.2 Å². The van der Waals surface area contributed by atoms with Gasteiger partial charge < -0.3 is 10.2 Å². The van der Waals surface area contributed by atoms with Gasteiger partial charge in [0.05, 0.1) is 11.8 Å². The van der Waals surface area contributed by atoms with Crippen molar-refractivity contribution in [3.05, 3.63) is 35.9 Å². The van der Waals surface area contributed by atoms with Gasteiger partial charge in [-0.2, -0.15) is 0 Å². The van der Waals surface area contributed by atoms with Crippen LogP contribution >= 0.6 is 0 Å². The van der Waals surface area contributed by atoms with Gasteiger partial charge in [0.15, 0.2) is 0 Å². The molecule has 4 nitrogen and oxygen atoms in total. The number of carboxylic acid groups (broad SMARTS) is 2. The monoisotopic (exact) mass is 234 g/mol. The second kappa shape index (κ2) is 4.57. The highest BCUT2D eigenvalue weighted by Crippen LogP contribution is 2.42. The minimum atomic E-state index is -1.00. The third-order valence-electron chi connectivity index (χ3n) is 3.47. The van der Waals surface area contributed by atoms with Crippen LogP contribution in [0.1, 0.15) is 24.3 Å². The maximum absolute atomic E-state index is 11.0. The molecule has 0 saturated heterocycles. The van der Waals surface area contributed by atoms with Gasteiger partial charge in [-0.05, 0) is 24.3 Å². The SMILES string of the molecule is O=C(O)[C@@H]1CC(c2ccccc2)C[C@H]1C(=O)O. The van der Waals surface area contributed by atoms with Gasteiger partial charge in [-0.1, -0.05) is 30.3 Å². The predicted octanol–water partition coefficient (Wildman–Crippen LogP) is 1.97. The molecule has 0 bridgehead atoms. The molecule has 1 aromatic rings. The molecule has 2 atom stereocenters. The van der Waals surface area contributed by atoms with Crippen molar-refractivity contribution in [3.63, 3.8) is 0 Å². The van der Waals surface area contributed by atoms with Gasteiger partial charge in [0.1, 0.15) is 0 Å². The zero-order chi connectivity index (χ0) is 12.4. The van der Waals surface area contributed by atoms with Crippen molar-refractivity contribution < 1.29 is 19.8 Å². The van der Waals surface area contributed by atoms with Gasteiger partial charge >= 0.3 is 11.9 Å². The number of hydrogen-bond acceptors (Lipinski definition) is 2. The van der Waals surface area contributed by atoms with E-state index in [2.05, 4.69) is 0 Å². The summed E-state index contributed by atoms with van der Waals surface area (Å²) in [5, 5.41) is 18.1. The largest absolute Gasteiger partial charge is 0.481 e. The number of carboxylic acids is 2. The molecule has 17 heavy (non-hydrogen) atoms. The summed E-state index contributed by atoms with van der Waals surface area (Å²) >= 11 is 0. The zero-order valence-corrected chi connectivity index (χ0v) is 9.24. The molecule has 90 valence electrons. The average molecular weight is 234 g/mol. The third kappa shape index (κ3) is 2.30. The van der Waals surface area contributed by atoms with Crippen LogP contribution in [0.5, 0.6) is 0 Å². The number of benzene rings is 1. The molecule has 1 aliphatic carbocycles. The highest BCUT2D eigenvalue weighted by molar-refractivity contribution is 5.81. The van der Waals surface area contributed by atoms with Crippen molar-refractivity contribution in [2.24, 2.45) is 11.8 Å². The summed E-state index contributed by atoms with van der Waals surface area (Å²) in [4.78, 5) is 22.1. The summed E-state index contributed by atoms with van der Waals surface area (Å²) in [5.74, 6) is -3.50. The molecule has 1 aromatic carbocycles. The quantitative estimate of drug-likeness (QED) is 0.838. The summed E-state index contributed by atoms with van der Waals surface area (Å²) in [6.45, 7) is 0. The number of hydrogen-bond donors (Lipinski definition) is 2. The molecule has 0 heterocycles. The minimum Gasteiger partial charge on any atom is -0.481 e. The average Bonchev–Trinajstić information content (AvgIpc) is 2.75. The molecule has 0 aromatic heterocycles. The van der Waals surface area contributed by atoms with E-state index in [9.17, 15) is 9.59 Å². The Morgan fingerprint density at radius 1 is 0.941 bits per heavy atom. The molecule has 1 saturated carbocycles. The lowest BCUT2D eigenvalue weighted by Crippen LogP contribution is -2.24. The zero-order valence-electron chi connectivity index (χ0n) is 9.24. The molecule has 2 N–H and O–H groups in total. The van der Waals surface area contributed by atoms with Crippen molar-refractivity contribution in [2.75, 3.05) is 0 Å². The van der Waals surface area contributed by atoms with Crippen LogP contribution in [0.2, 0.25) is 0 Å². The molecule has 2 rings (SSSR count). The molecule has 4 heteroatoms. The number of carbonyl (C=O) groups is 2. The first-order chi connectivity index (χ1) is 8.09. The van der Waals surface area contributed by atoms with Crippen molar-refractivity contribution >= 4 is 11.9 Å². The summed E-state index contributed by atoms with van der Waals surface area (Å²) in [7, 11) is 0. The molecule has 1 aliphatic rings. The first kappa shape index (κ1) is 11.6. The Hall–Kier alpha value is -1.84. The lowest BCUT2D eigenvalue weighted by atomic mass is 9.96. The number of rotatable bonds is 3. The Morgan fingerprint density at radius 2 is 1.41 bits per heavy atom. The molecule has 0 radical (unpaired) electrons. The van der Waals surface area contributed by atoms with Gasteiger partial charge in [-0.15, -0.1) is 0 Å². The van der Waals surface area contributed by atoms with Crippen molar-refractivity contribution in [3.8, 4) is 0 Å². The molecule has 0 unspecified atom stereocenters. The van der Waals surface area contributed by atoms with Gasteiger partial charge in [0, 0.05) is 0 Å². The van der Waals surface area contributed by atoms with E-state index in [-0.39, 0.29) is 5.92 Å². The number of aliphatic carboxylic acids is 2. The summed E-state index contributed by atoms with van der Waals surface area (Å²) in [5.41, 5.74) is 1.03. The Kier molecular flexibility index (Phi) is 3.13. The highest BCUT2D eigenvalue weighted by Gasteiger charge is 2.43. The van der Waals surface area contributed by atoms with Crippen LogP contribution in [0.3, 0.4) is 0 Å². The van der Waals surface area contributed by atoms with Crippen LogP contribution in [0.25, 0.3) is 0 Å². The lowest BCUT2D eigenvalue weighted by Gasteiger charge is -2.08. The van der Waals surface area contributed by atoms with E-state index in [1.165, 1.54) is 0 Å². The Labute approximate surface area is 98.9 Å². The van der Waals surface area contributed by atoms with Crippen LogP contribution in [0, 0.1) is 11.8 Å². The highest BCUT2D eigenvalue weighted by atomic mass is 16.4. The van der Waals surface area contributed by atoms with Gasteiger partial charge in [-0.25, -0.2) is 0 Å². The van der Waals surface area contributed by atoms with E-state index in [1.54, 1.807) is 0 Å². The predicted molar refractivity (Wildman–Crippen MR) is 60.7 cm³/mol. The van der Waals surface area contributed by atoms with Gasteiger partial charge in [0.2, 0.25) is 0 Å². The van der Waals surface area contributed by atoms with Crippen LogP contribution < -0.4 is 0 Å². The first-order valence-electron chi connectivity index (χ1n) is 5.60. The molecule has 0 spiro atoms. The summed E-state index contributed by atoms with van der Waals surface area (Å²) in [6, 6.07) is 9.52. The van der Waals surface area contributed by atoms with Crippen molar-refractivity contribution in [1.29, 1.82) is 0 Å². The molecule has 1 fully saturated rings. The lowest BCUT2D eigenvalue weighted by molar-refractivity contribution is -0.152. The fraction of sp³-hybridized carbons (Fsp3) is 0.385. The Bertz CT molecular complexity index is 404. The van der Waals surface area contributed by atoms with Crippen molar-refractivity contribution in [1.82, 2.24) is 0 Å². The van der Waals surface area contributed by atoms with E-state index >= 15 is 0 Å². The summed E-state index contributed by atoms with van der Waals surface area (Å²) in [6.07, 6.45) is 0.826. The van der Waals surface area contributed by atoms with E-state index in [0.29, 0.717) is 12.8 Å². The second-order valence-electron chi connectivity index (χ2n) is 4.47. The molecular formula is C13H14O4. The minimum absolute atomic E-state index is 0.0402. The maximum Gasteiger partial charge on any atom is 0.307 e. The van der Waals surface area contributed by atoms with Gasteiger partial charge in [-0.3, -0.25) is 9.59 Å².